The predicted octanol–water partition coefficient (Wildman–Crippen LogP) is 9.33. The van der Waals surface area contributed by atoms with E-state index < -0.39 is 8.32 Å². The molecular formula is C30H56OSi. The van der Waals surface area contributed by atoms with Crippen molar-refractivity contribution in [1.29, 1.82) is 0 Å². The quantitative estimate of drug-likeness (QED) is 0.344. The van der Waals surface area contributed by atoms with E-state index in [0.29, 0.717) is 16.9 Å². The highest BCUT2D eigenvalue weighted by Crippen LogP contribution is 2.68. The summed E-state index contributed by atoms with van der Waals surface area (Å²) in [6.45, 7) is 20.0. The van der Waals surface area contributed by atoms with Crippen molar-refractivity contribution in [2.24, 2.45) is 52.3 Å². The summed E-state index contributed by atoms with van der Waals surface area (Å²) < 4.78 is 6.62. The van der Waals surface area contributed by atoms with Gasteiger partial charge in [-0.1, -0.05) is 53.9 Å². The second-order valence-electron chi connectivity index (χ2n) is 14.8. The smallest absolute Gasteiger partial charge is 0.184 e. The third-order valence-corrected chi connectivity index (χ3v) is 12.4. The van der Waals surface area contributed by atoms with Gasteiger partial charge in [-0.05, 0) is 130 Å². The van der Waals surface area contributed by atoms with Gasteiger partial charge in [0.15, 0.2) is 8.32 Å². The average Bonchev–Trinajstić information content (AvgIpc) is 3.04. The van der Waals surface area contributed by atoms with Gasteiger partial charge in [0.25, 0.3) is 0 Å². The normalized spacial score (nSPS) is 45.3. The molecule has 186 valence electrons. The van der Waals surface area contributed by atoms with Gasteiger partial charge in [-0.3, -0.25) is 0 Å². The maximum atomic E-state index is 6.62. The zero-order valence-corrected chi connectivity index (χ0v) is 24.0. The molecule has 0 aromatic carbocycles. The summed E-state index contributed by atoms with van der Waals surface area (Å²) in [4.78, 5) is 0. The van der Waals surface area contributed by atoms with Crippen LogP contribution in [0.4, 0.5) is 0 Å². The molecule has 0 heterocycles. The summed E-state index contributed by atoms with van der Waals surface area (Å²) in [5, 5.41) is 0. The molecule has 0 N–H and O–H groups in total. The van der Waals surface area contributed by atoms with Crippen molar-refractivity contribution in [3.8, 4) is 0 Å². The second-order valence-corrected chi connectivity index (χ2v) is 19.3. The van der Waals surface area contributed by atoms with Crippen LogP contribution in [0.25, 0.3) is 0 Å². The molecule has 4 rings (SSSR count). The summed E-state index contributed by atoms with van der Waals surface area (Å²) in [6.07, 6.45) is 18.2. The maximum Gasteiger partial charge on any atom is 0.184 e. The van der Waals surface area contributed by atoms with Gasteiger partial charge in [-0.2, -0.15) is 0 Å². The monoisotopic (exact) mass is 460 g/mol. The molecule has 4 fully saturated rings. The zero-order valence-electron chi connectivity index (χ0n) is 23.0. The molecule has 1 unspecified atom stereocenters. The number of fused-ring (bicyclic) bond motifs is 5. The van der Waals surface area contributed by atoms with Crippen molar-refractivity contribution in [3.63, 3.8) is 0 Å². The fraction of sp³-hybridized carbons (Fsp3) is 1.00. The molecule has 0 saturated heterocycles. The summed E-state index contributed by atoms with van der Waals surface area (Å²) in [5.74, 6) is 6.77. The largest absolute Gasteiger partial charge is 0.415 e. The molecule has 4 aliphatic carbocycles. The summed E-state index contributed by atoms with van der Waals surface area (Å²) in [5.41, 5.74) is 1.24. The third-order valence-electron chi connectivity index (χ3n) is 11.3. The minimum absolute atomic E-state index is 0.563. The molecule has 0 bridgehead atoms. The lowest BCUT2D eigenvalue weighted by Crippen LogP contribution is -2.54. The third kappa shape index (κ3) is 4.80. The van der Waals surface area contributed by atoms with Gasteiger partial charge >= 0.3 is 0 Å². The molecule has 9 atom stereocenters. The van der Waals surface area contributed by atoms with Crippen LogP contribution in [0.5, 0.6) is 0 Å². The second kappa shape index (κ2) is 9.33. The summed E-state index contributed by atoms with van der Waals surface area (Å²) in [6, 6.07) is 0. The van der Waals surface area contributed by atoms with Crippen LogP contribution in [0, 0.1) is 52.3 Å². The Labute approximate surface area is 202 Å². The first-order chi connectivity index (χ1) is 14.9. The van der Waals surface area contributed by atoms with E-state index in [1.165, 1.54) is 70.6 Å². The average molecular weight is 461 g/mol. The van der Waals surface area contributed by atoms with E-state index in [1.807, 2.05) is 0 Å². The highest BCUT2D eigenvalue weighted by atomic mass is 28.4. The number of hydrogen-bond donors (Lipinski definition) is 0. The van der Waals surface area contributed by atoms with Crippen molar-refractivity contribution in [1.82, 2.24) is 0 Å². The first-order valence-electron chi connectivity index (χ1n) is 14.6. The Hall–Kier alpha value is 0.177. The van der Waals surface area contributed by atoms with Crippen LogP contribution >= 0.6 is 0 Å². The number of hydrogen-bond acceptors (Lipinski definition) is 1. The van der Waals surface area contributed by atoms with Crippen molar-refractivity contribution >= 4 is 8.32 Å². The minimum Gasteiger partial charge on any atom is -0.415 e. The Balaban J connectivity index is 1.42. The van der Waals surface area contributed by atoms with Crippen LogP contribution in [-0.2, 0) is 4.43 Å². The Bertz CT molecular complexity index is 637. The molecule has 0 aromatic heterocycles. The van der Waals surface area contributed by atoms with Gasteiger partial charge < -0.3 is 4.43 Å². The molecule has 32 heavy (non-hydrogen) atoms. The lowest BCUT2D eigenvalue weighted by Gasteiger charge is -2.61. The summed E-state index contributed by atoms with van der Waals surface area (Å²) >= 11 is 0. The van der Waals surface area contributed by atoms with Crippen molar-refractivity contribution in [2.75, 3.05) is 0 Å². The fourth-order valence-corrected chi connectivity index (χ4v) is 11.1. The zero-order chi connectivity index (χ0) is 23.3. The molecule has 4 saturated carbocycles. The highest BCUT2D eigenvalue weighted by molar-refractivity contribution is 6.69. The maximum absolute atomic E-state index is 6.62. The highest BCUT2D eigenvalue weighted by Gasteiger charge is 2.60. The van der Waals surface area contributed by atoms with Crippen molar-refractivity contribution < 1.29 is 4.43 Å². The lowest BCUT2D eigenvalue weighted by molar-refractivity contribution is -0.127. The van der Waals surface area contributed by atoms with E-state index in [-0.39, 0.29) is 0 Å². The van der Waals surface area contributed by atoms with E-state index in [1.54, 1.807) is 6.42 Å². The number of rotatable bonds is 7. The Morgan fingerprint density at radius 1 is 0.812 bits per heavy atom. The van der Waals surface area contributed by atoms with Gasteiger partial charge in [-0.25, -0.2) is 0 Å². The van der Waals surface area contributed by atoms with Crippen LogP contribution in [0.3, 0.4) is 0 Å². The predicted molar refractivity (Wildman–Crippen MR) is 141 cm³/mol. The van der Waals surface area contributed by atoms with Crippen molar-refractivity contribution in [3.05, 3.63) is 0 Å². The van der Waals surface area contributed by atoms with E-state index in [0.717, 1.165) is 41.4 Å². The Morgan fingerprint density at radius 2 is 1.50 bits per heavy atom. The summed E-state index contributed by atoms with van der Waals surface area (Å²) in [7, 11) is -1.42. The Morgan fingerprint density at radius 3 is 2.19 bits per heavy atom. The van der Waals surface area contributed by atoms with Crippen LogP contribution in [0.1, 0.15) is 112 Å². The molecule has 1 nitrogen and oxygen atoms in total. The molecule has 0 radical (unpaired) electrons. The molecule has 0 aliphatic heterocycles. The van der Waals surface area contributed by atoms with Crippen LogP contribution in [-0.4, -0.2) is 14.4 Å². The van der Waals surface area contributed by atoms with E-state index >= 15 is 0 Å². The first-order valence-corrected chi connectivity index (χ1v) is 18.0. The van der Waals surface area contributed by atoms with E-state index in [2.05, 4.69) is 54.3 Å². The van der Waals surface area contributed by atoms with Gasteiger partial charge in [-0.15, -0.1) is 0 Å². The SMILES string of the molecule is CC(C)CCC[C@@H](C)[C@H]1CC[C@H]2[C@@H]3CCC4C[C@@H](O[Si](C)(C)C)CC[C@]4(C)[C@H]3CC[C@]12C. The molecule has 0 aromatic rings. The lowest BCUT2D eigenvalue weighted by atomic mass is 9.44. The molecule has 0 amide bonds. The van der Waals surface area contributed by atoms with Gasteiger partial charge in [0.1, 0.15) is 0 Å². The molecule has 4 aliphatic rings. The fourth-order valence-electron chi connectivity index (χ4n) is 9.85. The minimum atomic E-state index is -1.42. The van der Waals surface area contributed by atoms with Crippen LogP contribution < -0.4 is 0 Å². The molecule has 0 spiro atoms. The van der Waals surface area contributed by atoms with E-state index in [4.69, 9.17) is 4.43 Å². The van der Waals surface area contributed by atoms with Crippen molar-refractivity contribution in [2.45, 2.75) is 137 Å². The topological polar surface area (TPSA) is 9.23 Å². The van der Waals surface area contributed by atoms with E-state index in [9.17, 15) is 0 Å². The Kier molecular flexibility index (Phi) is 7.37. The van der Waals surface area contributed by atoms with Gasteiger partial charge in [0.2, 0.25) is 0 Å². The molecule has 2 heteroatoms. The standard InChI is InChI=1S/C30H56OSi/c1-21(2)10-9-11-22(3)26-14-15-27-25-13-12-23-20-24(31-32(6,7)8)16-18-29(23,4)28(25)17-19-30(26,27)5/h21-28H,9-20H2,1-8H3/t22-,23?,24+,25+,26-,27+,28+,29+,30-/m1/s1. The van der Waals surface area contributed by atoms with Crippen LogP contribution in [0.2, 0.25) is 19.6 Å². The first kappa shape index (κ1) is 25.3. The molecular weight excluding hydrogens is 404 g/mol. The van der Waals surface area contributed by atoms with Crippen LogP contribution in [0.15, 0.2) is 0 Å². The van der Waals surface area contributed by atoms with Gasteiger partial charge in [0, 0.05) is 6.10 Å². The van der Waals surface area contributed by atoms with Gasteiger partial charge in [0.05, 0.1) is 0 Å².